The molecule has 0 amide bonds. The van der Waals surface area contributed by atoms with Gasteiger partial charge in [0.15, 0.2) is 11.6 Å². The molecule has 3 nitrogen and oxygen atoms in total. The zero-order chi connectivity index (χ0) is 15.4. The van der Waals surface area contributed by atoms with Crippen molar-refractivity contribution in [2.45, 2.75) is 6.10 Å². The summed E-state index contributed by atoms with van der Waals surface area (Å²) >= 11 is 0. The van der Waals surface area contributed by atoms with E-state index in [0.717, 1.165) is 12.1 Å². The predicted octanol–water partition coefficient (Wildman–Crippen LogP) is 3.26. The molecule has 21 heavy (non-hydrogen) atoms. The second-order valence-corrected chi connectivity index (χ2v) is 4.38. The maximum atomic E-state index is 13.5. The molecule has 6 heteroatoms. The van der Waals surface area contributed by atoms with Crippen molar-refractivity contribution in [3.63, 3.8) is 0 Å². The van der Waals surface area contributed by atoms with Crippen molar-refractivity contribution >= 4 is 5.69 Å². The fraction of sp³-hybridized carbons (Fsp3) is 0.200. The first-order chi connectivity index (χ1) is 10.0. The second-order valence-electron chi connectivity index (χ2n) is 4.38. The lowest BCUT2D eigenvalue weighted by molar-refractivity contribution is 0.181. The smallest absolute Gasteiger partial charge is 0.167 e. The van der Waals surface area contributed by atoms with Crippen LogP contribution in [-0.4, -0.2) is 18.8 Å². The van der Waals surface area contributed by atoms with Gasteiger partial charge in [-0.25, -0.2) is 13.2 Å². The summed E-state index contributed by atoms with van der Waals surface area (Å²) in [6.45, 7) is -0.163. The minimum absolute atomic E-state index is 0.0845. The first-order valence-corrected chi connectivity index (χ1v) is 6.22. The van der Waals surface area contributed by atoms with Gasteiger partial charge in [0.2, 0.25) is 0 Å². The summed E-state index contributed by atoms with van der Waals surface area (Å²) < 4.78 is 45.2. The van der Waals surface area contributed by atoms with E-state index in [4.69, 9.17) is 4.74 Å². The standard InChI is InChI=1S/C15H14F3NO2/c1-21-14-6-5-9(7-12(14)18)19-8-13(20)15-10(16)3-2-4-11(15)17/h2-7,13,19-20H,8H2,1H3. The molecular formula is C15H14F3NO2. The molecule has 0 fully saturated rings. The van der Waals surface area contributed by atoms with E-state index in [0.29, 0.717) is 5.69 Å². The monoisotopic (exact) mass is 297 g/mol. The van der Waals surface area contributed by atoms with Crippen LogP contribution in [0, 0.1) is 17.5 Å². The Bertz CT molecular complexity index is 614. The third-order valence-electron chi connectivity index (χ3n) is 2.98. The topological polar surface area (TPSA) is 41.5 Å². The van der Waals surface area contributed by atoms with Crippen LogP contribution < -0.4 is 10.1 Å². The number of benzene rings is 2. The van der Waals surface area contributed by atoms with E-state index in [-0.39, 0.29) is 12.3 Å². The molecule has 0 aromatic heterocycles. The van der Waals surface area contributed by atoms with Gasteiger partial charge in [0.25, 0.3) is 0 Å². The highest BCUT2D eigenvalue weighted by Gasteiger charge is 2.17. The van der Waals surface area contributed by atoms with Gasteiger partial charge in [-0.15, -0.1) is 0 Å². The molecule has 0 spiro atoms. The van der Waals surface area contributed by atoms with Crippen LogP contribution in [0.2, 0.25) is 0 Å². The average molecular weight is 297 g/mol. The molecule has 0 aliphatic heterocycles. The van der Waals surface area contributed by atoms with Gasteiger partial charge in [-0.2, -0.15) is 0 Å². The number of ether oxygens (including phenoxy) is 1. The van der Waals surface area contributed by atoms with Crippen molar-refractivity contribution in [2.24, 2.45) is 0 Å². The highest BCUT2D eigenvalue weighted by atomic mass is 19.1. The molecule has 112 valence electrons. The van der Waals surface area contributed by atoms with Gasteiger partial charge in [-0.3, -0.25) is 0 Å². The lowest BCUT2D eigenvalue weighted by Crippen LogP contribution is -2.15. The predicted molar refractivity (Wildman–Crippen MR) is 72.8 cm³/mol. The van der Waals surface area contributed by atoms with E-state index in [1.807, 2.05) is 0 Å². The van der Waals surface area contributed by atoms with Crippen molar-refractivity contribution in [1.82, 2.24) is 0 Å². The second kappa shape index (κ2) is 6.49. The fourth-order valence-corrected chi connectivity index (χ4v) is 1.92. The SMILES string of the molecule is COc1ccc(NCC(O)c2c(F)cccc2F)cc1F. The summed E-state index contributed by atoms with van der Waals surface area (Å²) in [6.07, 6.45) is -1.39. The number of nitrogens with one attached hydrogen (secondary N) is 1. The lowest BCUT2D eigenvalue weighted by Gasteiger charge is -2.15. The van der Waals surface area contributed by atoms with Crippen LogP contribution in [0.1, 0.15) is 11.7 Å². The van der Waals surface area contributed by atoms with Crippen LogP contribution >= 0.6 is 0 Å². The first kappa shape index (κ1) is 15.2. The number of rotatable bonds is 5. The van der Waals surface area contributed by atoms with Crippen molar-refractivity contribution in [3.05, 3.63) is 59.4 Å². The molecule has 1 unspecified atom stereocenters. The number of aliphatic hydroxyl groups excluding tert-OH is 1. The van der Waals surface area contributed by atoms with E-state index >= 15 is 0 Å². The van der Waals surface area contributed by atoms with Gasteiger partial charge >= 0.3 is 0 Å². The molecule has 0 radical (unpaired) electrons. The zero-order valence-electron chi connectivity index (χ0n) is 11.2. The van der Waals surface area contributed by atoms with Gasteiger partial charge in [0.1, 0.15) is 17.7 Å². The largest absolute Gasteiger partial charge is 0.494 e. The summed E-state index contributed by atoms with van der Waals surface area (Å²) in [6, 6.07) is 7.46. The summed E-state index contributed by atoms with van der Waals surface area (Å²) in [7, 11) is 1.34. The Morgan fingerprint density at radius 2 is 1.76 bits per heavy atom. The van der Waals surface area contributed by atoms with E-state index < -0.39 is 29.1 Å². The lowest BCUT2D eigenvalue weighted by atomic mass is 10.1. The molecule has 0 bridgehead atoms. The fourth-order valence-electron chi connectivity index (χ4n) is 1.92. The third kappa shape index (κ3) is 3.46. The van der Waals surface area contributed by atoms with Crippen LogP contribution in [0.4, 0.5) is 18.9 Å². The van der Waals surface area contributed by atoms with Gasteiger partial charge < -0.3 is 15.2 Å². The van der Waals surface area contributed by atoms with E-state index in [9.17, 15) is 18.3 Å². The van der Waals surface area contributed by atoms with Crippen LogP contribution in [0.15, 0.2) is 36.4 Å². The van der Waals surface area contributed by atoms with E-state index in [1.54, 1.807) is 0 Å². The minimum Gasteiger partial charge on any atom is -0.494 e. The highest BCUT2D eigenvalue weighted by molar-refractivity contribution is 5.47. The molecular weight excluding hydrogens is 283 g/mol. The summed E-state index contributed by atoms with van der Waals surface area (Å²) in [4.78, 5) is 0. The molecule has 2 rings (SSSR count). The van der Waals surface area contributed by atoms with Gasteiger partial charge in [0.05, 0.1) is 12.7 Å². The van der Waals surface area contributed by atoms with Crippen molar-refractivity contribution in [1.29, 1.82) is 0 Å². The number of methoxy groups -OCH3 is 1. The maximum absolute atomic E-state index is 13.5. The number of hydrogen-bond donors (Lipinski definition) is 2. The van der Waals surface area contributed by atoms with Gasteiger partial charge in [-0.05, 0) is 24.3 Å². The van der Waals surface area contributed by atoms with Crippen LogP contribution in [0.25, 0.3) is 0 Å². The van der Waals surface area contributed by atoms with Crippen LogP contribution in [-0.2, 0) is 0 Å². The maximum Gasteiger partial charge on any atom is 0.167 e. The molecule has 0 aliphatic rings. The molecule has 0 saturated heterocycles. The van der Waals surface area contributed by atoms with E-state index in [1.165, 1.54) is 31.4 Å². The summed E-state index contributed by atoms with van der Waals surface area (Å²) in [5.74, 6) is -2.15. The van der Waals surface area contributed by atoms with Crippen molar-refractivity contribution in [3.8, 4) is 5.75 Å². The Labute approximate surface area is 120 Å². The van der Waals surface area contributed by atoms with Crippen LogP contribution in [0.5, 0.6) is 5.75 Å². The number of hydrogen-bond acceptors (Lipinski definition) is 3. The Morgan fingerprint density at radius 3 is 2.33 bits per heavy atom. The summed E-state index contributed by atoms with van der Waals surface area (Å²) in [5.41, 5.74) is -0.0527. The molecule has 0 aliphatic carbocycles. The number of anilines is 1. The normalized spacial score (nSPS) is 12.0. The van der Waals surface area contributed by atoms with Gasteiger partial charge in [0, 0.05) is 18.3 Å². The van der Waals surface area contributed by atoms with Gasteiger partial charge in [-0.1, -0.05) is 6.07 Å². The van der Waals surface area contributed by atoms with Crippen LogP contribution in [0.3, 0.4) is 0 Å². The van der Waals surface area contributed by atoms with Crippen molar-refractivity contribution in [2.75, 3.05) is 19.0 Å². The quantitative estimate of drug-likeness (QED) is 0.890. The highest BCUT2D eigenvalue weighted by Crippen LogP contribution is 2.23. The van der Waals surface area contributed by atoms with E-state index in [2.05, 4.69) is 5.32 Å². The third-order valence-corrected chi connectivity index (χ3v) is 2.98. The molecule has 2 aromatic carbocycles. The Morgan fingerprint density at radius 1 is 1.10 bits per heavy atom. The van der Waals surface area contributed by atoms with Crippen molar-refractivity contribution < 1.29 is 23.0 Å². The molecule has 2 aromatic rings. The Kier molecular flexibility index (Phi) is 4.70. The average Bonchev–Trinajstić information content (AvgIpc) is 2.45. The molecule has 0 heterocycles. The molecule has 2 N–H and O–H groups in total. The number of halogens is 3. The first-order valence-electron chi connectivity index (χ1n) is 6.22. The minimum atomic E-state index is -1.39. The zero-order valence-corrected chi connectivity index (χ0v) is 11.2. The molecule has 0 saturated carbocycles. The molecule has 1 atom stereocenters. The number of aliphatic hydroxyl groups is 1. The Balaban J connectivity index is 2.07. The Hall–Kier alpha value is -2.21. The summed E-state index contributed by atoms with van der Waals surface area (Å²) in [5, 5.41) is 12.6.